The molecule has 5 rings (SSSR count). The van der Waals surface area contributed by atoms with Crippen LogP contribution in [0.5, 0.6) is 0 Å². The number of para-hydroxylation sites is 1. The van der Waals surface area contributed by atoms with Crippen molar-refractivity contribution in [2.75, 3.05) is 0 Å². The molecule has 1 amide bonds. The lowest BCUT2D eigenvalue weighted by Gasteiger charge is -2.42. The van der Waals surface area contributed by atoms with E-state index in [0.717, 1.165) is 57.9 Å². The molecule has 0 saturated heterocycles. The van der Waals surface area contributed by atoms with Gasteiger partial charge in [0.1, 0.15) is 0 Å². The van der Waals surface area contributed by atoms with Crippen molar-refractivity contribution in [2.24, 2.45) is 0 Å². The number of halogens is 1. The third-order valence-electron chi connectivity index (χ3n) is 7.24. The molecular weight excluding hydrogens is 460 g/mol. The monoisotopic (exact) mass is 490 g/mol. The van der Waals surface area contributed by atoms with E-state index in [1.165, 1.54) is 38.5 Å². The first-order valence-corrected chi connectivity index (χ1v) is 13.0. The summed E-state index contributed by atoms with van der Waals surface area (Å²) >= 11 is 3.58. The molecular formula is C28H31BrN2O. The largest absolute Gasteiger partial charge is 0.333 e. The van der Waals surface area contributed by atoms with Gasteiger partial charge < -0.3 is 4.90 Å². The lowest BCUT2D eigenvalue weighted by Crippen LogP contribution is -2.48. The van der Waals surface area contributed by atoms with E-state index in [9.17, 15) is 4.79 Å². The van der Waals surface area contributed by atoms with Gasteiger partial charge in [-0.15, -0.1) is 0 Å². The first-order chi connectivity index (χ1) is 15.7. The summed E-state index contributed by atoms with van der Waals surface area (Å²) in [4.78, 5) is 21.5. The van der Waals surface area contributed by atoms with E-state index < -0.39 is 0 Å². The second-order valence-electron chi connectivity index (χ2n) is 9.38. The number of carbonyl (C=O) groups excluding carboxylic acids is 1. The topological polar surface area (TPSA) is 33.2 Å². The van der Waals surface area contributed by atoms with Crippen molar-refractivity contribution < 1.29 is 4.79 Å². The van der Waals surface area contributed by atoms with Crippen LogP contribution in [0.25, 0.3) is 22.2 Å². The van der Waals surface area contributed by atoms with Crippen LogP contribution < -0.4 is 0 Å². The number of aromatic nitrogens is 1. The minimum atomic E-state index is 0.207. The molecule has 2 saturated carbocycles. The minimum absolute atomic E-state index is 0.207. The smallest absolute Gasteiger partial charge is 0.255 e. The summed E-state index contributed by atoms with van der Waals surface area (Å²) in [5, 5.41) is 0.966. The zero-order valence-electron chi connectivity index (χ0n) is 18.6. The third kappa shape index (κ3) is 4.47. The number of nitrogens with zero attached hydrogens (tertiary/aromatic N) is 2. The van der Waals surface area contributed by atoms with E-state index in [4.69, 9.17) is 4.98 Å². The number of hydrogen-bond donors (Lipinski definition) is 0. The SMILES string of the molecule is O=C(c1cc(-c2cccc(Br)c2)nc2ccccc12)N(C1CCCCC1)C1CCCCC1. The molecule has 0 spiro atoms. The van der Waals surface area contributed by atoms with Crippen LogP contribution in [0, 0.1) is 0 Å². The molecule has 166 valence electrons. The van der Waals surface area contributed by atoms with Gasteiger partial charge in [0.05, 0.1) is 16.8 Å². The zero-order valence-corrected chi connectivity index (χ0v) is 20.2. The number of rotatable bonds is 4. The standard InChI is InChI=1S/C28H31BrN2O/c29-21-11-9-10-20(18-21)27-19-25(24-16-7-8-17-26(24)30-27)28(32)31(22-12-3-1-4-13-22)23-14-5-2-6-15-23/h7-11,16-19,22-23H,1-6,12-15H2. The Labute approximate surface area is 199 Å². The molecule has 4 heteroatoms. The second kappa shape index (κ2) is 9.74. The Kier molecular flexibility index (Phi) is 6.59. The summed E-state index contributed by atoms with van der Waals surface area (Å²) in [6.07, 6.45) is 12.1. The maximum atomic E-state index is 14.3. The summed E-state index contributed by atoms with van der Waals surface area (Å²) in [6.45, 7) is 0. The average molecular weight is 491 g/mol. The number of fused-ring (bicyclic) bond motifs is 1. The maximum absolute atomic E-state index is 14.3. The average Bonchev–Trinajstić information content (AvgIpc) is 2.85. The van der Waals surface area contributed by atoms with E-state index in [-0.39, 0.29) is 5.91 Å². The third-order valence-corrected chi connectivity index (χ3v) is 7.73. The van der Waals surface area contributed by atoms with Crippen LogP contribution >= 0.6 is 15.9 Å². The van der Waals surface area contributed by atoms with E-state index in [1.807, 2.05) is 36.4 Å². The number of carbonyl (C=O) groups is 1. The predicted molar refractivity (Wildman–Crippen MR) is 135 cm³/mol. The molecule has 2 fully saturated rings. The van der Waals surface area contributed by atoms with Crippen LogP contribution in [0.4, 0.5) is 0 Å². The molecule has 2 aromatic carbocycles. The number of pyridine rings is 1. The Morgan fingerprint density at radius 3 is 2.12 bits per heavy atom. The van der Waals surface area contributed by atoms with Gasteiger partial charge in [0, 0.05) is 27.5 Å². The van der Waals surface area contributed by atoms with Crippen molar-refractivity contribution in [3.05, 3.63) is 64.6 Å². The highest BCUT2D eigenvalue weighted by molar-refractivity contribution is 9.10. The summed E-state index contributed by atoms with van der Waals surface area (Å²) < 4.78 is 1.02. The van der Waals surface area contributed by atoms with Gasteiger partial charge in [-0.2, -0.15) is 0 Å². The van der Waals surface area contributed by atoms with E-state index >= 15 is 0 Å². The molecule has 2 aliphatic rings. The molecule has 0 atom stereocenters. The molecule has 1 aromatic heterocycles. The van der Waals surface area contributed by atoms with Crippen molar-refractivity contribution in [2.45, 2.75) is 76.3 Å². The van der Waals surface area contributed by atoms with Crippen LogP contribution in [0.15, 0.2) is 59.1 Å². The minimum Gasteiger partial charge on any atom is -0.333 e. The van der Waals surface area contributed by atoms with Crippen molar-refractivity contribution in [3.8, 4) is 11.3 Å². The van der Waals surface area contributed by atoms with Crippen molar-refractivity contribution in [1.82, 2.24) is 9.88 Å². The van der Waals surface area contributed by atoms with Crippen LogP contribution in [0.1, 0.15) is 74.6 Å². The Bertz CT molecular complexity index is 1080. The highest BCUT2D eigenvalue weighted by atomic mass is 79.9. The lowest BCUT2D eigenvalue weighted by molar-refractivity contribution is 0.0450. The zero-order chi connectivity index (χ0) is 21.9. The Morgan fingerprint density at radius 1 is 0.812 bits per heavy atom. The lowest BCUT2D eigenvalue weighted by atomic mass is 9.87. The fourth-order valence-electron chi connectivity index (χ4n) is 5.64. The van der Waals surface area contributed by atoms with Gasteiger partial charge in [0.2, 0.25) is 0 Å². The van der Waals surface area contributed by atoms with Gasteiger partial charge in [-0.3, -0.25) is 4.79 Å². The van der Waals surface area contributed by atoms with E-state index in [0.29, 0.717) is 12.1 Å². The fraction of sp³-hybridized carbons (Fsp3) is 0.429. The summed E-state index contributed by atoms with van der Waals surface area (Å²) in [5.74, 6) is 0.207. The fourth-order valence-corrected chi connectivity index (χ4v) is 6.03. The summed E-state index contributed by atoms with van der Waals surface area (Å²) in [7, 11) is 0. The Hall–Kier alpha value is -2.20. The molecule has 0 N–H and O–H groups in total. The van der Waals surface area contributed by atoms with Gasteiger partial charge >= 0.3 is 0 Å². The molecule has 0 bridgehead atoms. The van der Waals surface area contributed by atoms with E-state index in [2.05, 4.69) is 39.0 Å². The molecule has 32 heavy (non-hydrogen) atoms. The van der Waals surface area contributed by atoms with Gasteiger partial charge in [-0.1, -0.05) is 84.8 Å². The van der Waals surface area contributed by atoms with Crippen LogP contribution in [-0.2, 0) is 0 Å². The predicted octanol–water partition coefficient (Wildman–Crippen LogP) is 7.77. The molecule has 3 nitrogen and oxygen atoms in total. The van der Waals surface area contributed by atoms with Crippen LogP contribution in [-0.4, -0.2) is 27.9 Å². The van der Waals surface area contributed by atoms with Crippen LogP contribution in [0.2, 0.25) is 0 Å². The molecule has 0 aliphatic heterocycles. The first-order valence-electron chi connectivity index (χ1n) is 12.2. The van der Waals surface area contributed by atoms with Gasteiger partial charge in [0.25, 0.3) is 5.91 Å². The highest BCUT2D eigenvalue weighted by Crippen LogP contribution is 2.34. The normalized spacial score (nSPS) is 18.0. The molecule has 0 radical (unpaired) electrons. The van der Waals surface area contributed by atoms with Crippen LogP contribution in [0.3, 0.4) is 0 Å². The Morgan fingerprint density at radius 2 is 1.47 bits per heavy atom. The molecule has 2 aliphatic carbocycles. The molecule has 3 aromatic rings. The molecule has 0 unspecified atom stereocenters. The van der Waals surface area contributed by atoms with Gasteiger partial charge in [-0.25, -0.2) is 4.98 Å². The highest BCUT2D eigenvalue weighted by Gasteiger charge is 2.34. The number of benzene rings is 2. The Balaban J connectivity index is 1.61. The second-order valence-corrected chi connectivity index (χ2v) is 10.3. The van der Waals surface area contributed by atoms with Crippen molar-refractivity contribution >= 4 is 32.7 Å². The first kappa shape index (κ1) is 21.6. The van der Waals surface area contributed by atoms with Crippen molar-refractivity contribution in [3.63, 3.8) is 0 Å². The van der Waals surface area contributed by atoms with Gasteiger partial charge in [-0.05, 0) is 49.9 Å². The summed E-state index contributed by atoms with van der Waals surface area (Å²) in [5.41, 5.74) is 3.59. The quantitative estimate of drug-likeness (QED) is 0.374. The number of amides is 1. The molecule has 1 heterocycles. The van der Waals surface area contributed by atoms with Crippen molar-refractivity contribution in [1.29, 1.82) is 0 Å². The maximum Gasteiger partial charge on any atom is 0.255 e. The summed E-state index contributed by atoms with van der Waals surface area (Å²) in [6, 6.07) is 19.1. The van der Waals surface area contributed by atoms with Gasteiger partial charge in [0.15, 0.2) is 0 Å². The number of hydrogen-bond acceptors (Lipinski definition) is 2. The van der Waals surface area contributed by atoms with E-state index in [1.54, 1.807) is 0 Å².